The van der Waals surface area contributed by atoms with Crippen molar-refractivity contribution >= 4 is 17.6 Å². The number of nitrogens with zero attached hydrogens (tertiary/aromatic N) is 2. The third kappa shape index (κ3) is 4.17. The molecule has 1 aliphatic rings. The molecule has 3 rings (SSSR count). The van der Waals surface area contributed by atoms with Crippen molar-refractivity contribution in [2.75, 3.05) is 19.1 Å². The van der Waals surface area contributed by atoms with Crippen LogP contribution in [0.1, 0.15) is 17.0 Å². The number of esters is 2. The zero-order valence-corrected chi connectivity index (χ0v) is 17.8. The molecule has 34 heavy (non-hydrogen) atoms. The van der Waals surface area contributed by atoms with Crippen LogP contribution in [0.3, 0.4) is 0 Å². The molecule has 0 bridgehead atoms. The fourth-order valence-corrected chi connectivity index (χ4v) is 3.62. The summed E-state index contributed by atoms with van der Waals surface area (Å²) in [5.41, 5.74) is 3.00. The molecule has 0 aromatic heterocycles. The molecule has 1 aliphatic heterocycles. The lowest BCUT2D eigenvalue weighted by Crippen LogP contribution is -2.41. The van der Waals surface area contributed by atoms with E-state index < -0.39 is 58.2 Å². The van der Waals surface area contributed by atoms with Gasteiger partial charge in [-0.05, 0) is 23.8 Å². The van der Waals surface area contributed by atoms with Gasteiger partial charge in [-0.1, -0.05) is 30.3 Å². The van der Waals surface area contributed by atoms with Crippen molar-refractivity contribution in [3.63, 3.8) is 0 Å². The normalized spacial score (nSPS) is 16.3. The molecule has 0 aliphatic carbocycles. The van der Waals surface area contributed by atoms with E-state index in [1.54, 1.807) is 30.3 Å². The Bertz CT molecular complexity index is 1250. The molecule has 1 atom stereocenters. The first-order valence-electron chi connectivity index (χ1n) is 9.59. The van der Waals surface area contributed by atoms with Crippen LogP contribution >= 0.6 is 0 Å². The number of nitrogens with two attached hydrogens (primary N) is 1. The lowest BCUT2D eigenvalue weighted by atomic mass is 9.81. The zero-order valence-electron chi connectivity index (χ0n) is 17.8. The summed E-state index contributed by atoms with van der Waals surface area (Å²) in [6, 6.07) is 11.3. The Hall–Kier alpha value is -4.33. The number of rotatable bonds is 4. The Labute approximate surface area is 191 Å². The van der Waals surface area contributed by atoms with E-state index in [2.05, 4.69) is 0 Å². The van der Waals surface area contributed by atoms with Crippen molar-refractivity contribution in [2.24, 2.45) is 5.73 Å². The Morgan fingerprint density at radius 1 is 1.06 bits per heavy atom. The lowest BCUT2D eigenvalue weighted by Gasteiger charge is -2.36. The molecular weight excluding hydrogens is 458 g/mol. The second-order valence-corrected chi connectivity index (χ2v) is 7.00. The number of carbonyl (C=O) groups excluding carboxylic acids is 2. The van der Waals surface area contributed by atoms with Gasteiger partial charge in [0.25, 0.3) is 0 Å². The monoisotopic (exact) mass is 475 g/mol. The molecular formula is C23H17F4N3O4. The fourth-order valence-electron chi connectivity index (χ4n) is 3.62. The zero-order chi connectivity index (χ0) is 25.2. The van der Waals surface area contributed by atoms with Gasteiger partial charge in [-0.15, -0.1) is 0 Å². The Morgan fingerprint density at radius 2 is 1.68 bits per heavy atom. The second-order valence-electron chi connectivity index (χ2n) is 7.00. The SMILES string of the molecule is COC(=O)C1=C(C(=O)OC)N(c2cc(C(F)(F)F)ccc2F)C(N)=C(C#N)C1c1ccccc1. The van der Waals surface area contributed by atoms with Crippen molar-refractivity contribution in [3.05, 3.63) is 88.1 Å². The van der Waals surface area contributed by atoms with Gasteiger partial charge in [-0.25, -0.2) is 14.0 Å². The van der Waals surface area contributed by atoms with Crippen LogP contribution in [-0.4, -0.2) is 26.2 Å². The van der Waals surface area contributed by atoms with Crippen molar-refractivity contribution in [1.29, 1.82) is 5.26 Å². The van der Waals surface area contributed by atoms with E-state index >= 15 is 0 Å². The van der Waals surface area contributed by atoms with E-state index in [1.165, 1.54) is 0 Å². The van der Waals surface area contributed by atoms with Gasteiger partial charge >= 0.3 is 18.1 Å². The number of methoxy groups -OCH3 is 2. The molecule has 0 saturated carbocycles. The smallest absolute Gasteiger partial charge is 0.416 e. The van der Waals surface area contributed by atoms with E-state index in [9.17, 15) is 32.4 Å². The van der Waals surface area contributed by atoms with Gasteiger partial charge in [0, 0.05) is 0 Å². The minimum absolute atomic E-state index is 0.309. The highest BCUT2D eigenvalue weighted by Gasteiger charge is 2.44. The van der Waals surface area contributed by atoms with E-state index in [1.807, 2.05) is 6.07 Å². The van der Waals surface area contributed by atoms with E-state index in [0.29, 0.717) is 28.7 Å². The van der Waals surface area contributed by atoms with Crippen LogP contribution in [-0.2, 0) is 25.2 Å². The molecule has 0 saturated heterocycles. The lowest BCUT2D eigenvalue weighted by molar-refractivity contribution is -0.139. The minimum Gasteiger partial charge on any atom is -0.466 e. The molecule has 2 aromatic carbocycles. The molecule has 0 fully saturated rings. The third-order valence-electron chi connectivity index (χ3n) is 5.12. The number of alkyl halides is 3. The van der Waals surface area contributed by atoms with Gasteiger partial charge in [0.2, 0.25) is 0 Å². The highest BCUT2D eigenvalue weighted by atomic mass is 19.4. The number of anilines is 1. The van der Waals surface area contributed by atoms with Crippen LogP contribution in [0.25, 0.3) is 0 Å². The van der Waals surface area contributed by atoms with Crippen molar-refractivity contribution in [1.82, 2.24) is 0 Å². The number of carbonyl (C=O) groups is 2. The summed E-state index contributed by atoms with van der Waals surface area (Å²) < 4.78 is 64.5. The highest BCUT2D eigenvalue weighted by Crippen LogP contribution is 2.44. The molecule has 2 N–H and O–H groups in total. The Morgan fingerprint density at radius 3 is 2.21 bits per heavy atom. The summed E-state index contributed by atoms with van der Waals surface area (Å²) >= 11 is 0. The predicted octanol–water partition coefficient (Wildman–Crippen LogP) is 3.74. The standard InChI is InChI=1S/C23H17F4N3O4/c1-33-21(31)18-17(12-6-4-3-5-7-12)14(11-28)20(29)30(19(18)22(32)34-2)16-10-13(23(25,26)27)8-9-15(16)24/h3-10,17H,29H2,1-2H3. The third-order valence-corrected chi connectivity index (χ3v) is 5.12. The second kappa shape index (κ2) is 9.27. The van der Waals surface area contributed by atoms with E-state index in [4.69, 9.17) is 15.2 Å². The van der Waals surface area contributed by atoms with Crippen molar-refractivity contribution in [2.45, 2.75) is 12.1 Å². The Kier molecular flexibility index (Phi) is 6.63. The molecule has 1 heterocycles. The molecule has 1 unspecified atom stereocenters. The first-order chi connectivity index (χ1) is 16.1. The van der Waals surface area contributed by atoms with Gasteiger partial charge in [0.05, 0.1) is 48.6 Å². The summed E-state index contributed by atoms with van der Waals surface area (Å²) in [5, 5.41) is 9.89. The van der Waals surface area contributed by atoms with Crippen LogP contribution in [0.15, 0.2) is 71.2 Å². The maximum Gasteiger partial charge on any atom is 0.416 e. The maximum absolute atomic E-state index is 14.9. The predicted molar refractivity (Wildman–Crippen MR) is 111 cm³/mol. The molecule has 7 nitrogen and oxygen atoms in total. The molecule has 2 aromatic rings. The summed E-state index contributed by atoms with van der Waals surface area (Å²) in [5.74, 6) is -5.29. The van der Waals surface area contributed by atoms with Gasteiger partial charge in [0.1, 0.15) is 17.3 Å². The number of hydrogen-bond acceptors (Lipinski definition) is 7. The number of nitriles is 1. The van der Waals surface area contributed by atoms with Gasteiger partial charge < -0.3 is 15.2 Å². The summed E-state index contributed by atoms with van der Waals surface area (Å²) in [7, 11) is 1.97. The molecule has 176 valence electrons. The maximum atomic E-state index is 14.9. The summed E-state index contributed by atoms with van der Waals surface area (Å²) in [6.07, 6.45) is -4.86. The van der Waals surface area contributed by atoms with E-state index in [-0.39, 0.29) is 5.57 Å². The van der Waals surface area contributed by atoms with Crippen LogP contribution in [0.2, 0.25) is 0 Å². The average molecular weight is 475 g/mol. The van der Waals surface area contributed by atoms with Crippen molar-refractivity contribution < 1.29 is 36.6 Å². The summed E-state index contributed by atoms with van der Waals surface area (Å²) in [4.78, 5) is 26.3. The quantitative estimate of drug-likeness (QED) is 0.531. The molecule has 0 spiro atoms. The van der Waals surface area contributed by atoms with Gasteiger partial charge in [0.15, 0.2) is 0 Å². The Balaban J connectivity index is 2.45. The van der Waals surface area contributed by atoms with Crippen LogP contribution in [0.4, 0.5) is 23.2 Å². The molecule has 11 heteroatoms. The van der Waals surface area contributed by atoms with Crippen LogP contribution in [0.5, 0.6) is 0 Å². The fraction of sp³-hybridized carbons (Fsp3) is 0.174. The van der Waals surface area contributed by atoms with Crippen molar-refractivity contribution in [3.8, 4) is 6.07 Å². The van der Waals surface area contributed by atoms with Crippen LogP contribution < -0.4 is 10.6 Å². The first-order valence-corrected chi connectivity index (χ1v) is 9.59. The number of halogens is 4. The minimum atomic E-state index is -4.86. The van der Waals surface area contributed by atoms with Gasteiger partial charge in [-0.2, -0.15) is 18.4 Å². The number of ether oxygens (including phenoxy) is 2. The molecule has 0 radical (unpaired) electrons. The first kappa shape index (κ1) is 24.3. The summed E-state index contributed by atoms with van der Waals surface area (Å²) in [6.45, 7) is 0. The van der Waals surface area contributed by atoms with Crippen LogP contribution in [0, 0.1) is 17.1 Å². The van der Waals surface area contributed by atoms with E-state index in [0.717, 1.165) is 14.2 Å². The molecule has 0 amide bonds. The number of allylic oxidation sites excluding steroid dienone is 1. The average Bonchev–Trinajstić information content (AvgIpc) is 2.82. The number of benzene rings is 2. The largest absolute Gasteiger partial charge is 0.466 e. The number of hydrogen-bond donors (Lipinski definition) is 1. The topological polar surface area (TPSA) is 106 Å². The highest BCUT2D eigenvalue weighted by molar-refractivity contribution is 6.06. The van der Waals surface area contributed by atoms with Gasteiger partial charge in [-0.3, -0.25) is 4.90 Å².